The van der Waals surface area contributed by atoms with Crippen molar-refractivity contribution in [3.8, 4) is 0 Å². The summed E-state index contributed by atoms with van der Waals surface area (Å²) in [6, 6.07) is 0. The number of aliphatic hydroxyl groups excluding tert-OH is 2. The zero-order valence-corrected chi connectivity index (χ0v) is 19.7. The quantitative estimate of drug-likeness (QED) is 0.0330. The van der Waals surface area contributed by atoms with E-state index in [2.05, 4.69) is 0 Å². The molecular formula is C18H38N8O10. The minimum absolute atomic E-state index is 0.0155. The van der Waals surface area contributed by atoms with Gasteiger partial charge in [0.1, 0.15) is 47.8 Å². The van der Waals surface area contributed by atoms with E-state index in [1.807, 2.05) is 0 Å². The van der Waals surface area contributed by atoms with Gasteiger partial charge < -0.3 is 29.2 Å². The zero-order chi connectivity index (χ0) is 27.3. The van der Waals surface area contributed by atoms with Crippen molar-refractivity contribution in [1.82, 2.24) is 21.9 Å². The molecule has 0 saturated carbocycles. The smallest absolute Gasteiger partial charge is 0.120 e. The van der Waals surface area contributed by atoms with Crippen LogP contribution in [0.1, 0.15) is 25.7 Å². The predicted molar refractivity (Wildman–Crippen MR) is 122 cm³/mol. The van der Waals surface area contributed by atoms with Gasteiger partial charge in [-0.05, 0) is 0 Å². The van der Waals surface area contributed by atoms with Crippen LogP contribution in [-0.2, 0) is 18.9 Å². The highest BCUT2D eigenvalue weighted by atomic mass is 16.6. The largest absolute Gasteiger partial charge is 0.394 e. The predicted octanol–water partition coefficient (Wildman–Crippen LogP) is -2.10. The third kappa shape index (κ3) is 14.8. The lowest BCUT2D eigenvalue weighted by Crippen LogP contribution is -2.51. The van der Waals surface area contributed by atoms with Crippen molar-refractivity contribution in [2.75, 3.05) is 39.6 Å². The Morgan fingerprint density at radius 2 is 1.00 bits per heavy atom. The number of hydrogen-bond donors (Lipinski definition) is 14. The molecule has 4 atom stereocenters. The first kappa shape index (κ1) is 33.5. The van der Waals surface area contributed by atoms with E-state index in [0.717, 1.165) is 0 Å². The molecule has 18 heteroatoms. The Morgan fingerprint density at radius 1 is 0.611 bits per heavy atom. The van der Waals surface area contributed by atoms with Crippen LogP contribution in [0.3, 0.4) is 0 Å². The molecule has 0 bridgehead atoms. The van der Waals surface area contributed by atoms with Crippen molar-refractivity contribution >= 4 is 23.3 Å². The van der Waals surface area contributed by atoms with E-state index in [1.165, 1.54) is 0 Å². The van der Waals surface area contributed by atoms with E-state index in [0.29, 0.717) is 0 Å². The number of amidine groups is 4. The third-order valence-electron chi connectivity index (χ3n) is 4.61. The van der Waals surface area contributed by atoms with E-state index in [1.54, 1.807) is 21.9 Å². The maximum atomic E-state index is 11.0. The average molecular weight is 527 g/mol. The van der Waals surface area contributed by atoms with Crippen LogP contribution in [0.2, 0.25) is 0 Å². The lowest BCUT2D eigenvalue weighted by atomic mass is 10.0. The second-order valence-electron chi connectivity index (χ2n) is 7.26. The Balaban J connectivity index is 5.53. The van der Waals surface area contributed by atoms with Gasteiger partial charge in [0, 0.05) is 25.7 Å². The number of ether oxygens (including phenoxy) is 4. The maximum Gasteiger partial charge on any atom is 0.120 e. The first-order chi connectivity index (χ1) is 17.2. The van der Waals surface area contributed by atoms with Gasteiger partial charge in [0.2, 0.25) is 0 Å². The normalized spacial score (nSPS) is 14.3. The van der Waals surface area contributed by atoms with Crippen molar-refractivity contribution in [3.05, 3.63) is 0 Å². The van der Waals surface area contributed by atoms with Gasteiger partial charge >= 0.3 is 0 Å². The molecule has 36 heavy (non-hydrogen) atoms. The van der Waals surface area contributed by atoms with Gasteiger partial charge in [-0.2, -0.15) is 0 Å². The first-order valence-corrected chi connectivity index (χ1v) is 10.9. The molecule has 0 heterocycles. The summed E-state index contributed by atoms with van der Waals surface area (Å²) in [5, 5.41) is 85.4. The van der Waals surface area contributed by atoms with Gasteiger partial charge in [0.15, 0.2) is 0 Å². The molecule has 0 aromatic rings. The van der Waals surface area contributed by atoms with Crippen LogP contribution in [0, 0.1) is 21.6 Å². The van der Waals surface area contributed by atoms with E-state index < -0.39 is 31.0 Å². The molecule has 0 aromatic heterocycles. The van der Waals surface area contributed by atoms with Crippen LogP contribution in [0.5, 0.6) is 0 Å². The molecule has 18 nitrogen and oxygen atoms in total. The van der Waals surface area contributed by atoms with Crippen LogP contribution in [0.15, 0.2) is 0 Å². The highest BCUT2D eigenvalue weighted by Crippen LogP contribution is 2.17. The Bertz CT molecular complexity index is 659. The minimum Gasteiger partial charge on any atom is -0.394 e. The summed E-state index contributed by atoms with van der Waals surface area (Å²) in [4.78, 5) is 0. The highest BCUT2D eigenvalue weighted by Gasteiger charge is 2.36. The molecule has 0 aliphatic rings. The fourth-order valence-corrected chi connectivity index (χ4v) is 2.65. The van der Waals surface area contributed by atoms with Crippen LogP contribution >= 0.6 is 0 Å². The maximum absolute atomic E-state index is 11.0. The standard InChI is InChI=1S/C18H38N8O10/c19-13(23-29)1-5-33-10-12(35-7-3-15(21)25-31)18(36-8-4-16(22)26-32)17(28)11(9-27)34-6-2-14(20)24-30/h11-12,17-18,27-32H,1-10H2,(H2,19,23)(H2,20,24)(H2,21,25)(H2,22,26). The second kappa shape index (κ2) is 20.7. The molecule has 0 saturated heterocycles. The van der Waals surface area contributed by atoms with Crippen molar-refractivity contribution < 1.29 is 50.0 Å². The SMILES string of the molecule is N=C(CCOCC(OCCC(=N)NO)C(OCCC(=N)NO)C(O)C(CO)OCCC(=N)NO)NO. The van der Waals surface area contributed by atoms with Gasteiger partial charge in [0.05, 0.1) is 39.6 Å². The van der Waals surface area contributed by atoms with Crippen LogP contribution in [0.25, 0.3) is 0 Å². The Hall–Kier alpha value is -2.52. The summed E-state index contributed by atoms with van der Waals surface area (Å²) in [6.45, 7) is -1.29. The van der Waals surface area contributed by atoms with Crippen molar-refractivity contribution in [1.29, 1.82) is 21.6 Å². The lowest BCUT2D eigenvalue weighted by Gasteiger charge is -2.34. The number of aliphatic hydroxyl groups is 2. The Morgan fingerprint density at radius 3 is 1.42 bits per heavy atom. The summed E-state index contributed by atoms with van der Waals surface area (Å²) in [6.07, 6.45) is -5.13. The molecule has 0 spiro atoms. The molecule has 4 unspecified atom stereocenters. The van der Waals surface area contributed by atoms with Gasteiger partial charge in [0.25, 0.3) is 0 Å². The van der Waals surface area contributed by atoms with Crippen molar-refractivity contribution in [2.24, 2.45) is 0 Å². The van der Waals surface area contributed by atoms with E-state index >= 15 is 0 Å². The van der Waals surface area contributed by atoms with E-state index in [-0.39, 0.29) is 82.1 Å². The topological polar surface area (TPSA) is 302 Å². The van der Waals surface area contributed by atoms with Crippen LogP contribution < -0.4 is 21.9 Å². The van der Waals surface area contributed by atoms with Gasteiger partial charge in [-0.15, -0.1) is 0 Å². The molecule has 0 aliphatic carbocycles. The fourth-order valence-electron chi connectivity index (χ4n) is 2.65. The van der Waals surface area contributed by atoms with Gasteiger partial charge in [-0.3, -0.25) is 64.4 Å². The number of hydroxylamine groups is 4. The minimum atomic E-state index is -1.52. The lowest BCUT2D eigenvalue weighted by molar-refractivity contribution is -0.176. The summed E-state index contributed by atoms with van der Waals surface area (Å²) in [5.74, 6) is -0.954. The average Bonchev–Trinajstić information content (AvgIpc) is 2.89. The third-order valence-corrected chi connectivity index (χ3v) is 4.61. The number of hydrogen-bond acceptors (Lipinski definition) is 14. The van der Waals surface area contributed by atoms with E-state index in [4.69, 9.17) is 61.4 Å². The fraction of sp³-hybridized carbons (Fsp3) is 0.778. The van der Waals surface area contributed by atoms with Crippen molar-refractivity contribution in [2.45, 2.75) is 50.1 Å². The number of rotatable bonds is 21. The van der Waals surface area contributed by atoms with Gasteiger partial charge in [-0.1, -0.05) is 0 Å². The molecule has 0 rings (SSSR count). The summed E-state index contributed by atoms with van der Waals surface area (Å²) >= 11 is 0. The second-order valence-corrected chi connectivity index (χ2v) is 7.26. The van der Waals surface area contributed by atoms with E-state index in [9.17, 15) is 10.2 Å². The zero-order valence-electron chi connectivity index (χ0n) is 19.7. The summed E-state index contributed by atoms with van der Waals surface area (Å²) < 4.78 is 22.3. The molecule has 14 N–H and O–H groups in total. The summed E-state index contributed by atoms with van der Waals surface area (Å²) in [5.41, 5.74) is 6.65. The Labute approximate surface area is 207 Å². The van der Waals surface area contributed by atoms with Crippen LogP contribution in [0.4, 0.5) is 0 Å². The molecule has 0 aliphatic heterocycles. The van der Waals surface area contributed by atoms with Gasteiger partial charge in [-0.25, -0.2) is 0 Å². The molecule has 210 valence electrons. The molecule has 0 radical (unpaired) electrons. The molecular weight excluding hydrogens is 488 g/mol. The number of nitrogens with one attached hydrogen (secondary N) is 8. The monoisotopic (exact) mass is 526 g/mol. The Kier molecular flexibility index (Phi) is 19.2. The first-order valence-electron chi connectivity index (χ1n) is 10.9. The summed E-state index contributed by atoms with van der Waals surface area (Å²) in [7, 11) is 0. The molecule has 0 aromatic carbocycles. The molecule has 0 amide bonds. The van der Waals surface area contributed by atoms with Crippen LogP contribution in [-0.4, -0.2) is 118 Å². The molecule has 0 fully saturated rings. The highest BCUT2D eigenvalue weighted by molar-refractivity contribution is 5.78. The van der Waals surface area contributed by atoms with Crippen molar-refractivity contribution in [3.63, 3.8) is 0 Å².